The van der Waals surface area contributed by atoms with Gasteiger partial charge in [0.15, 0.2) is 0 Å². The SMILES string of the molecule is CNc1ncc(Br)cc1S(=O)(=O)Nc1cccc(I)c1. The Labute approximate surface area is 139 Å². The molecule has 0 aliphatic rings. The van der Waals surface area contributed by atoms with Crippen LogP contribution in [0.3, 0.4) is 0 Å². The summed E-state index contributed by atoms with van der Waals surface area (Å²) in [6.45, 7) is 0. The van der Waals surface area contributed by atoms with Crippen molar-refractivity contribution in [3.8, 4) is 0 Å². The first-order valence-electron chi connectivity index (χ1n) is 5.54. The average Bonchev–Trinajstić information content (AvgIpc) is 2.38. The Morgan fingerprint density at radius 3 is 2.70 bits per heavy atom. The van der Waals surface area contributed by atoms with Crippen LogP contribution in [0.4, 0.5) is 11.5 Å². The van der Waals surface area contributed by atoms with E-state index in [1.807, 2.05) is 6.07 Å². The maximum Gasteiger partial charge on any atom is 0.265 e. The molecule has 0 bridgehead atoms. The highest BCUT2D eigenvalue weighted by atomic mass is 127. The minimum atomic E-state index is -3.70. The highest BCUT2D eigenvalue weighted by Crippen LogP contribution is 2.25. The highest BCUT2D eigenvalue weighted by Gasteiger charge is 2.20. The molecule has 1 aromatic heterocycles. The molecule has 2 N–H and O–H groups in total. The predicted octanol–water partition coefficient (Wildman–Crippen LogP) is 3.29. The molecule has 0 unspecified atom stereocenters. The fourth-order valence-electron chi connectivity index (χ4n) is 1.58. The number of hydrogen-bond acceptors (Lipinski definition) is 4. The number of pyridine rings is 1. The van der Waals surface area contributed by atoms with Crippen molar-refractivity contribution in [2.75, 3.05) is 17.1 Å². The van der Waals surface area contributed by atoms with E-state index in [1.165, 1.54) is 12.3 Å². The van der Waals surface area contributed by atoms with E-state index in [2.05, 4.69) is 53.5 Å². The van der Waals surface area contributed by atoms with Crippen molar-refractivity contribution in [2.45, 2.75) is 4.90 Å². The Kier molecular flexibility index (Phi) is 4.86. The summed E-state index contributed by atoms with van der Waals surface area (Å²) >= 11 is 5.36. The molecule has 0 amide bonds. The van der Waals surface area contributed by atoms with Gasteiger partial charge >= 0.3 is 0 Å². The summed E-state index contributed by atoms with van der Waals surface area (Å²) in [5.41, 5.74) is 0.513. The second-order valence-corrected chi connectivity index (χ2v) is 7.68. The molecule has 1 heterocycles. The molecule has 0 spiro atoms. The second kappa shape index (κ2) is 6.27. The summed E-state index contributed by atoms with van der Waals surface area (Å²) < 4.78 is 28.9. The molecule has 2 rings (SSSR count). The van der Waals surface area contributed by atoms with Crippen LogP contribution in [0.15, 0.2) is 45.9 Å². The van der Waals surface area contributed by atoms with Crippen LogP contribution in [-0.2, 0) is 10.0 Å². The Balaban J connectivity index is 2.43. The Morgan fingerprint density at radius 1 is 1.30 bits per heavy atom. The van der Waals surface area contributed by atoms with E-state index in [1.54, 1.807) is 25.2 Å². The zero-order valence-corrected chi connectivity index (χ0v) is 15.0. The van der Waals surface area contributed by atoms with Crippen LogP contribution in [0.2, 0.25) is 0 Å². The second-order valence-electron chi connectivity index (χ2n) is 3.87. The molecule has 0 radical (unpaired) electrons. The first-order valence-corrected chi connectivity index (χ1v) is 8.89. The van der Waals surface area contributed by atoms with Crippen LogP contribution in [-0.4, -0.2) is 20.4 Å². The summed E-state index contributed by atoms with van der Waals surface area (Å²) in [5.74, 6) is 0.298. The van der Waals surface area contributed by atoms with E-state index in [4.69, 9.17) is 0 Å². The van der Waals surface area contributed by atoms with E-state index in [-0.39, 0.29) is 4.90 Å². The molecular formula is C12H11BrIN3O2S. The number of halogens is 2. The zero-order chi connectivity index (χ0) is 14.8. The first-order chi connectivity index (χ1) is 9.42. The van der Waals surface area contributed by atoms with Crippen LogP contribution in [0, 0.1) is 3.57 Å². The number of nitrogens with zero attached hydrogens (tertiary/aromatic N) is 1. The third-order valence-electron chi connectivity index (χ3n) is 2.42. The fourth-order valence-corrected chi connectivity index (χ4v) is 3.84. The topological polar surface area (TPSA) is 71.1 Å². The van der Waals surface area contributed by atoms with Crippen molar-refractivity contribution in [3.63, 3.8) is 0 Å². The van der Waals surface area contributed by atoms with Crippen molar-refractivity contribution in [1.82, 2.24) is 4.98 Å². The molecule has 0 saturated heterocycles. The Morgan fingerprint density at radius 2 is 2.05 bits per heavy atom. The normalized spacial score (nSPS) is 11.2. The minimum Gasteiger partial charge on any atom is -0.372 e. The smallest absolute Gasteiger partial charge is 0.265 e. The predicted molar refractivity (Wildman–Crippen MR) is 91.5 cm³/mol. The van der Waals surface area contributed by atoms with Gasteiger partial charge in [0, 0.05) is 27.0 Å². The minimum absolute atomic E-state index is 0.0910. The molecular weight excluding hydrogens is 457 g/mol. The summed E-state index contributed by atoms with van der Waals surface area (Å²) in [6, 6.07) is 8.64. The lowest BCUT2D eigenvalue weighted by molar-refractivity contribution is 0.601. The number of anilines is 2. The van der Waals surface area contributed by atoms with Gasteiger partial charge in [-0.1, -0.05) is 6.07 Å². The number of sulfonamides is 1. The van der Waals surface area contributed by atoms with Gasteiger partial charge in [-0.25, -0.2) is 13.4 Å². The third-order valence-corrected chi connectivity index (χ3v) is 4.92. The monoisotopic (exact) mass is 467 g/mol. The van der Waals surface area contributed by atoms with Crippen LogP contribution in [0.5, 0.6) is 0 Å². The molecule has 0 fully saturated rings. The van der Waals surface area contributed by atoms with Gasteiger partial charge in [0.25, 0.3) is 10.0 Å². The van der Waals surface area contributed by atoms with E-state index < -0.39 is 10.0 Å². The van der Waals surface area contributed by atoms with Crippen LogP contribution >= 0.6 is 38.5 Å². The molecule has 0 aliphatic carbocycles. The van der Waals surface area contributed by atoms with Crippen LogP contribution in [0.25, 0.3) is 0 Å². The van der Waals surface area contributed by atoms with Crippen molar-refractivity contribution >= 4 is 60.0 Å². The van der Waals surface area contributed by atoms with Gasteiger partial charge in [-0.15, -0.1) is 0 Å². The highest BCUT2D eigenvalue weighted by molar-refractivity contribution is 14.1. The molecule has 5 nitrogen and oxygen atoms in total. The summed E-state index contributed by atoms with van der Waals surface area (Å²) in [4.78, 5) is 4.13. The summed E-state index contributed by atoms with van der Waals surface area (Å²) in [5, 5.41) is 2.77. The molecule has 0 aliphatic heterocycles. The van der Waals surface area contributed by atoms with Crippen molar-refractivity contribution in [3.05, 3.63) is 44.6 Å². The lowest BCUT2D eigenvalue weighted by atomic mass is 10.3. The van der Waals surface area contributed by atoms with Gasteiger partial charge in [-0.3, -0.25) is 4.72 Å². The summed E-state index contributed by atoms with van der Waals surface area (Å²) in [7, 11) is -2.08. The standard InChI is InChI=1S/C12H11BrIN3O2S/c1-15-12-11(5-8(13)7-16-12)20(18,19)17-10-4-2-3-9(14)6-10/h2-7,17H,1H3,(H,15,16). The van der Waals surface area contributed by atoms with Gasteiger partial charge in [0.2, 0.25) is 0 Å². The zero-order valence-electron chi connectivity index (χ0n) is 10.4. The Hall–Kier alpha value is -0.870. The number of aromatic nitrogens is 1. The van der Waals surface area contributed by atoms with Crippen LogP contribution < -0.4 is 10.0 Å². The maximum atomic E-state index is 12.4. The molecule has 1 aromatic carbocycles. The fraction of sp³-hybridized carbons (Fsp3) is 0.0833. The first kappa shape index (κ1) is 15.5. The van der Waals surface area contributed by atoms with Crippen molar-refractivity contribution in [1.29, 1.82) is 0 Å². The number of nitrogens with one attached hydrogen (secondary N) is 2. The van der Waals surface area contributed by atoms with Gasteiger partial charge in [-0.2, -0.15) is 0 Å². The maximum absolute atomic E-state index is 12.4. The lowest BCUT2D eigenvalue weighted by Crippen LogP contribution is -2.15. The third kappa shape index (κ3) is 3.61. The quantitative estimate of drug-likeness (QED) is 0.677. The molecule has 20 heavy (non-hydrogen) atoms. The number of rotatable bonds is 4. The molecule has 2 aromatic rings. The van der Waals surface area contributed by atoms with Gasteiger partial charge in [-0.05, 0) is 62.8 Å². The van der Waals surface area contributed by atoms with E-state index in [9.17, 15) is 8.42 Å². The molecule has 8 heteroatoms. The molecule has 0 saturated carbocycles. The van der Waals surface area contributed by atoms with Crippen LogP contribution in [0.1, 0.15) is 0 Å². The van der Waals surface area contributed by atoms with Crippen molar-refractivity contribution < 1.29 is 8.42 Å². The van der Waals surface area contributed by atoms with Gasteiger partial charge in [0.05, 0.1) is 0 Å². The largest absolute Gasteiger partial charge is 0.372 e. The summed E-state index contributed by atoms with van der Waals surface area (Å²) in [6.07, 6.45) is 1.54. The van der Waals surface area contributed by atoms with Gasteiger partial charge in [0.1, 0.15) is 10.7 Å². The van der Waals surface area contributed by atoms with E-state index >= 15 is 0 Å². The molecule has 0 atom stereocenters. The molecule has 106 valence electrons. The number of hydrogen-bond donors (Lipinski definition) is 2. The van der Waals surface area contributed by atoms with E-state index in [0.29, 0.717) is 16.0 Å². The van der Waals surface area contributed by atoms with Gasteiger partial charge < -0.3 is 5.32 Å². The number of benzene rings is 1. The lowest BCUT2D eigenvalue weighted by Gasteiger charge is -2.11. The van der Waals surface area contributed by atoms with Crippen molar-refractivity contribution in [2.24, 2.45) is 0 Å². The average molecular weight is 468 g/mol. The van der Waals surface area contributed by atoms with E-state index in [0.717, 1.165) is 3.57 Å². The Bertz CT molecular complexity index is 737.